The molecule has 0 amide bonds. The average Bonchev–Trinajstić information content (AvgIpc) is 3.23. The zero-order valence-corrected chi connectivity index (χ0v) is 17.5. The third kappa shape index (κ3) is 3.86. The number of para-hydroxylation sites is 1. The van der Waals surface area contributed by atoms with Crippen molar-refractivity contribution in [2.75, 3.05) is 0 Å². The Hall–Kier alpha value is -2.33. The van der Waals surface area contributed by atoms with Gasteiger partial charge >= 0.3 is 169 Å². The van der Waals surface area contributed by atoms with Crippen molar-refractivity contribution in [3.05, 3.63) is 64.1 Å². The van der Waals surface area contributed by atoms with Gasteiger partial charge in [0.1, 0.15) is 0 Å². The van der Waals surface area contributed by atoms with Crippen LogP contribution in [-0.2, 0) is 32.3 Å². The van der Waals surface area contributed by atoms with Crippen molar-refractivity contribution in [1.29, 1.82) is 0 Å². The summed E-state index contributed by atoms with van der Waals surface area (Å²) in [7, 11) is 0. The molecular formula is C20H22N6Pt. The molecule has 27 heavy (non-hydrogen) atoms. The van der Waals surface area contributed by atoms with Gasteiger partial charge in [-0.3, -0.25) is 0 Å². The number of fused-ring (bicyclic) bond motifs is 1. The quantitative estimate of drug-likeness (QED) is 0.363. The third-order valence-electron chi connectivity index (χ3n) is 4.64. The van der Waals surface area contributed by atoms with E-state index >= 15 is 0 Å². The van der Waals surface area contributed by atoms with E-state index in [9.17, 15) is 0 Å². The summed E-state index contributed by atoms with van der Waals surface area (Å²) in [5.41, 5.74) is 5.44. The van der Waals surface area contributed by atoms with Crippen molar-refractivity contribution in [2.24, 2.45) is 0 Å². The summed E-state index contributed by atoms with van der Waals surface area (Å²) in [6.45, 7) is 3.00. The van der Waals surface area contributed by atoms with Crippen LogP contribution in [0.15, 0.2) is 48.9 Å². The van der Waals surface area contributed by atoms with Gasteiger partial charge in [0.2, 0.25) is 0 Å². The van der Waals surface area contributed by atoms with Crippen LogP contribution in [0.1, 0.15) is 30.7 Å². The van der Waals surface area contributed by atoms with E-state index in [1.807, 2.05) is 19.2 Å². The average molecular weight is 542 g/mol. The van der Waals surface area contributed by atoms with Crippen LogP contribution in [0.25, 0.3) is 16.9 Å². The molecule has 0 atom stereocenters. The Labute approximate surface area is 168 Å². The van der Waals surface area contributed by atoms with Gasteiger partial charge in [0, 0.05) is 0 Å². The van der Waals surface area contributed by atoms with Crippen LogP contribution in [0.5, 0.6) is 0 Å². The number of aromatic amines is 1. The predicted molar refractivity (Wildman–Crippen MR) is 101 cm³/mol. The van der Waals surface area contributed by atoms with Crippen LogP contribution in [0.4, 0.5) is 0 Å². The standard InChI is InChI=1S/C20H22N6.Pt/c1-16-12-17(24-23-16)8-4-3-7-11-25-15-26(18-9-5-2-6-10-18)20-19(25)13-21-14-22-20;/h2,5-6,9-10,12-14H,3-4,7-8,11H2,1H3,(H,23,24);. The molecule has 3 aromatic heterocycles. The van der Waals surface area contributed by atoms with Crippen molar-refractivity contribution >= 4 is 11.2 Å². The van der Waals surface area contributed by atoms with E-state index in [1.165, 1.54) is 6.42 Å². The van der Waals surface area contributed by atoms with Crippen molar-refractivity contribution < 1.29 is 19.4 Å². The number of imidazole rings is 1. The first-order valence-electron chi connectivity index (χ1n) is 9.17. The molecule has 0 bridgehead atoms. The number of unbranched alkanes of at least 4 members (excludes halogenated alkanes) is 2. The van der Waals surface area contributed by atoms with E-state index in [0.717, 1.165) is 57.9 Å². The van der Waals surface area contributed by atoms with Gasteiger partial charge < -0.3 is 0 Å². The van der Waals surface area contributed by atoms with Crippen molar-refractivity contribution in [1.82, 2.24) is 29.3 Å². The molecule has 6 nitrogen and oxygen atoms in total. The fourth-order valence-electron chi connectivity index (χ4n) is 3.33. The summed E-state index contributed by atoms with van der Waals surface area (Å²) < 4.78 is 5.67. The molecular weight excluding hydrogens is 519 g/mol. The van der Waals surface area contributed by atoms with E-state index in [2.05, 4.69) is 79.0 Å². The predicted octanol–water partition coefficient (Wildman–Crippen LogP) is 3.75. The minimum absolute atomic E-state index is 0.952. The molecule has 0 saturated carbocycles. The van der Waals surface area contributed by atoms with Gasteiger partial charge in [0.15, 0.2) is 0 Å². The van der Waals surface area contributed by atoms with E-state index in [-0.39, 0.29) is 0 Å². The van der Waals surface area contributed by atoms with Gasteiger partial charge in [0.25, 0.3) is 0 Å². The number of nitrogens with zero attached hydrogens (tertiary/aromatic N) is 5. The van der Waals surface area contributed by atoms with Gasteiger partial charge in [-0.1, -0.05) is 0 Å². The Morgan fingerprint density at radius 1 is 1.11 bits per heavy atom. The summed E-state index contributed by atoms with van der Waals surface area (Å²) in [5, 5.41) is 7.32. The van der Waals surface area contributed by atoms with Crippen molar-refractivity contribution in [3.63, 3.8) is 0 Å². The topological polar surface area (TPSA) is 64.3 Å². The normalized spacial score (nSPS) is 11.4. The van der Waals surface area contributed by atoms with Gasteiger partial charge in [0.05, 0.1) is 0 Å². The van der Waals surface area contributed by atoms with Gasteiger partial charge in [-0.25, -0.2) is 0 Å². The second-order valence-electron chi connectivity index (χ2n) is 6.65. The molecule has 1 N–H and O–H groups in total. The molecule has 0 saturated heterocycles. The molecule has 0 unspecified atom stereocenters. The summed E-state index contributed by atoms with van der Waals surface area (Å²) >= 11 is 2.40. The first-order chi connectivity index (χ1) is 13.2. The molecule has 0 spiro atoms. The number of hydrogen-bond donors (Lipinski definition) is 1. The number of benzene rings is 1. The molecule has 1 aromatic carbocycles. The second kappa shape index (κ2) is 8.13. The molecule has 7 heteroatoms. The van der Waals surface area contributed by atoms with E-state index < -0.39 is 0 Å². The van der Waals surface area contributed by atoms with Gasteiger partial charge in [-0.15, -0.1) is 0 Å². The van der Waals surface area contributed by atoms with E-state index in [1.54, 1.807) is 6.33 Å². The molecule has 0 aliphatic carbocycles. The van der Waals surface area contributed by atoms with Gasteiger partial charge in [-0.2, -0.15) is 0 Å². The summed E-state index contributed by atoms with van der Waals surface area (Å²) in [6.07, 6.45) is 8.00. The maximum atomic E-state index is 4.54. The van der Waals surface area contributed by atoms with E-state index in [0.29, 0.717) is 0 Å². The Morgan fingerprint density at radius 2 is 1.96 bits per heavy atom. The minimum atomic E-state index is 0.952. The van der Waals surface area contributed by atoms with E-state index in [4.69, 9.17) is 0 Å². The molecule has 4 aromatic rings. The Morgan fingerprint density at radius 3 is 2.74 bits per heavy atom. The van der Waals surface area contributed by atoms with Crippen LogP contribution in [0.3, 0.4) is 0 Å². The molecule has 4 rings (SSSR count). The summed E-state index contributed by atoms with van der Waals surface area (Å²) in [6, 6.07) is 12.5. The van der Waals surface area contributed by atoms with Crippen molar-refractivity contribution in [3.8, 4) is 5.69 Å². The fourth-order valence-corrected chi connectivity index (χ4v) is 4.39. The molecule has 0 radical (unpaired) electrons. The first-order valence-corrected chi connectivity index (χ1v) is 10.3. The summed E-state index contributed by atoms with van der Waals surface area (Å²) in [4.78, 5) is 8.79. The number of aromatic nitrogens is 6. The van der Waals surface area contributed by atoms with Crippen LogP contribution in [0.2, 0.25) is 0 Å². The monoisotopic (exact) mass is 541 g/mol. The zero-order valence-electron chi connectivity index (χ0n) is 15.2. The van der Waals surface area contributed by atoms with Crippen molar-refractivity contribution in [2.45, 2.75) is 39.2 Å². The maximum absolute atomic E-state index is 4.54. The molecule has 142 valence electrons. The summed E-state index contributed by atoms with van der Waals surface area (Å²) in [5.74, 6) is 0. The van der Waals surface area contributed by atoms with Crippen LogP contribution in [0, 0.1) is 10.7 Å². The zero-order chi connectivity index (χ0) is 18.6. The first kappa shape index (κ1) is 18.1. The second-order valence-corrected chi connectivity index (χ2v) is 7.66. The molecule has 0 fully saturated rings. The Balaban J connectivity index is 1.50. The van der Waals surface area contributed by atoms with Crippen LogP contribution >= 0.6 is 0 Å². The van der Waals surface area contributed by atoms with Crippen LogP contribution in [-0.4, -0.2) is 29.3 Å². The number of nitrogens with one attached hydrogen (secondary N) is 1. The number of aryl methyl sites for hydroxylation is 3. The Bertz CT molecular complexity index is 1090. The SMILES string of the molecule is Cc1cc(CCCCCn2[c](=[Pt])n(-c3ccccc3)c3ncncc32)n[nH]1. The fraction of sp³-hybridized carbons (Fsp3) is 0.300. The third-order valence-corrected chi connectivity index (χ3v) is 5.76. The number of rotatable bonds is 7. The van der Waals surface area contributed by atoms with Gasteiger partial charge in [-0.05, 0) is 0 Å². The number of H-pyrrole nitrogens is 1. The Kier molecular flexibility index (Phi) is 5.44. The molecule has 3 heterocycles. The van der Waals surface area contributed by atoms with Crippen LogP contribution < -0.4 is 0 Å². The molecule has 0 aliphatic heterocycles. The number of hydrogen-bond acceptors (Lipinski definition) is 3. The molecule has 0 aliphatic rings.